The van der Waals surface area contributed by atoms with Crippen LogP contribution in [-0.2, 0) is 9.53 Å². The van der Waals surface area contributed by atoms with Crippen LogP contribution in [0.4, 0.5) is 5.69 Å². The molecule has 0 aliphatic carbocycles. The number of fused-ring (bicyclic) bond motifs is 3. The first-order valence-corrected chi connectivity index (χ1v) is 10.4. The lowest BCUT2D eigenvalue weighted by Crippen LogP contribution is -2.52. The van der Waals surface area contributed by atoms with Crippen LogP contribution in [0.3, 0.4) is 0 Å². The first kappa shape index (κ1) is 20.3. The van der Waals surface area contributed by atoms with E-state index in [-0.39, 0.29) is 11.8 Å². The van der Waals surface area contributed by atoms with Crippen molar-refractivity contribution in [1.29, 1.82) is 0 Å². The van der Waals surface area contributed by atoms with Crippen molar-refractivity contribution < 1.29 is 14.3 Å². The van der Waals surface area contributed by atoms with E-state index in [9.17, 15) is 4.79 Å². The molecule has 0 amide bonds. The molecule has 2 bridgehead atoms. The van der Waals surface area contributed by atoms with Gasteiger partial charge in [-0.1, -0.05) is 12.1 Å². The van der Waals surface area contributed by atoms with Crippen molar-refractivity contribution in [3.8, 4) is 17.1 Å². The molecule has 3 aliphatic rings. The fraction of sp³-hybridized carbons (Fsp3) is 0.455. The molecule has 0 saturated carbocycles. The number of ether oxygens (including phenoxy) is 2. The van der Waals surface area contributed by atoms with Gasteiger partial charge in [-0.15, -0.1) is 10.2 Å². The highest BCUT2D eigenvalue weighted by Crippen LogP contribution is 2.30. The lowest BCUT2D eigenvalue weighted by molar-refractivity contribution is -0.135. The van der Waals surface area contributed by atoms with Gasteiger partial charge in [0.05, 0.1) is 18.0 Å². The first-order valence-electron chi connectivity index (χ1n) is 10.4. The molecule has 1 N–H and O–H groups in total. The van der Waals surface area contributed by atoms with Crippen LogP contribution in [0.2, 0.25) is 0 Å². The normalized spacial score (nSPS) is 23.1. The number of piperidine rings is 3. The van der Waals surface area contributed by atoms with Gasteiger partial charge in [-0.2, -0.15) is 5.10 Å². The number of hydrogen-bond acceptors (Lipinski definition) is 8. The quantitative estimate of drug-likeness (QED) is 0.427. The number of carbonyl (C=O) groups is 1. The van der Waals surface area contributed by atoms with Gasteiger partial charge in [-0.05, 0) is 63.9 Å². The third-order valence-electron chi connectivity index (χ3n) is 5.61. The second-order valence-electron chi connectivity index (χ2n) is 7.66. The topological polar surface area (TPSA) is 88.9 Å². The van der Waals surface area contributed by atoms with Crippen LogP contribution in [0.25, 0.3) is 11.3 Å². The summed E-state index contributed by atoms with van der Waals surface area (Å²) in [4.78, 5) is 14.0. The van der Waals surface area contributed by atoms with E-state index < -0.39 is 5.97 Å². The number of hydrogen-bond donors (Lipinski definition) is 1. The van der Waals surface area contributed by atoms with Gasteiger partial charge in [0.15, 0.2) is 0 Å². The second-order valence-corrected chi connectivity index (χ2v) is 7.66. The minimum Gasteiger partial charge on any atom is -0.472 e. The number of anilines is 1. The molecule has 0 unspecified atom stereocenters. The SMILES string of the molecule is CCOC(=O)C(C)=NNc1ccc(-c2ccc(O[C@H]3CN4CCC3CC4)nn2)cc1. The summed E-state index contributed by atoms with van der Waals surface area (Å²) >= 11 is 0. The Kier molecular flexibility index (Phi) is 6.23. The van der Waals surface area contributed by atoms with E-state index >= 15 is 0 Å². The molecule has 3 fully saturated rings. The molecule has 0 radical (unpaired) electrons. The molecule has 3 aliphatic heterocycles. The van der Waals surface area contributed by atoms with Gasteiger partial charge < -0.3 is 9.47 Å². The zero-order chi connectivity index (χ0) is 20.9. The van der Waals surface area contributed by atoms with E-state index in [1.807, 2.05) is 36.4 Å². The Hall–Kier alpha value is -3.00. The summed E-state index contributed by atoms with van der Waals surface area (Å²) < 4.78 is 11.0. The van der Waals surface area contributed by atoms with Crippen molar-refractivity contribution in [2.75, 3.05) is 31.7 Å². The van der Waals surface area contributed by atoms with Crippen LogP contribution >= 0.6 is 0 Å². The molecule has 8 nitrogen and oxygen atoms in total. The fourth-order valence-corrected chi connectivity index (χ4v) is 3.88. The van der Waals surface area contributed by atoms with Gasteiger partial charge in [0.2, 0.25) is 5.88 Å². The number of aromatic nitrogens is 2. The van der Waals surface area contributed by atoms with Gasteiger partial charge in [0, 0.05) is 18.2 Å². The van der Waals surface area contributed by atoms with Gasteiger partial charge in [-0.3, -0.25) is 10.3 Å². The van der Waals surface area contributed by atoms with E-state index in [0.717, 1.165) is 23.5 Å². The summed E-state index contributed by atoms with van der Waals surface area (Å²) in [6.07, 6.45) is 2.64. The van der Waals surface area contributed by atoms with Crippen LogP contribution < -0.4 is 10.2 Å². The Morgan fingerprint density at radius 2 is 1.93 bits per heavy atom. The fourth-order valence-electron chi connectivity index (χ4n) is 3.88. The Morgan fingerprint density at radius 1 is 1.17 bits per heavy atom. The molecule has 1 aromatic heterocycles. The van der Waals surface area contributed by atoms with Crippen LogP contribution in [0.15, 0.2) is 41.5 Å². The Balaban J connectivity index is 1.35. The standard InChI is InChI=1S/C22H27N5O3/c1-3-29-22(28)15(2)23-24-18-6-4-16(5-7-18)19-8-9-21(26-25-19)30-20-14-27-12-10-17(20)11-13-27/h4-9,17,20,24H,3,10-14H2,1-2H3/t20-/m0/s1. The molecular weight excluding hydrogens is 382 g/mol. The molecular formula is C22H27N5O3. The van der Waals surface area contributed by atoms with Crippen molar-refractivity contribution in [2.45, 2.75) is 32.8 Å². The molecule has 2 aromatic rings. The molecule has 30 heavy (non-hydrogen) atoms. The minimum atomic E-state index is -0.433. The van der Waals surface area contributed by atoms with Crippen molar-refractivity contribution in [2.24, 2.45) is 11.0 Å². The lowest BCUT2D eigenvalue weighted by Gasteiger charge is -2.44. The molecule has 8 heteroatoms. The van der Waals surface area contributed by atoms with Crippen LogP contribution in [-0.4, -0.2) is 59.1 Å². The summed E-state index contributed by atoms with van der Waals surface area (Å²) in [5.74, 6) is 0.781. The lowest BCUT2D eigenvalue weighted by atomic mass is 9.86. The zero-order valence-electron chi connectivity index (χ0n) is 17.4. The monoisotopic (exact) mass is 409 g/mol. The number of nitrogens with one attached hydrogen (secondary N) is 1. The number of benzene rings is 1. The third-order valence-corrected chi connectivity index (χ3v) is 5.61. The summed E-state index contributed by atoms with van der Waals surface area (Å²) in [5.41, 5.74) is 5.60. The van der Waals surface area contributed by atoms with Gasteiger partial charge >= 0.3 is 5.97 Å². The zero-order valence-corrected chi connectivity index (χ0v) is 17.4. The number of carbonyl (C=O) groups excluding carboxylic acids is 1. The Bertz CT molecular complexity index is 890. The maximum atomic E-state index is 11.6. The number of nitrogens with zero attached hydrogens (tertiary/aromatic N) is 4. The van der Waals surface area contributed by atoms with Crippen LogP contribution in [0.5, 0.6) is 5.88 Å². The van der Waals surface area contributed by atoms with E-state index in [0.29, 0.717) is 18.4 Å². The Labute approximate surface area is 176 Å². The molecule has 1 atom stereocenters. The van der Waals surface area contributed by atoms with Gasteiger partial charge in [-0.25, -0.2) is 4.79 Å². The second kappa shape index (κ2) is 9.21. The Morgan fingerprint density at radius 3 is 2.53 bits per heavy atom. The summed E-state index contributed by atoms with van der Waals surface area (Å²) in [7, 11) is 0. The molecule has 4 heterocycles. The third kappa shape index (κ3) is 4.76. The average molecular weight is 409 g/mol. The number of esters is 1. The minimum absolute atomic E-state index is 0.219. The smallest absolute Gasteiger partial charge is 0.354 e. The van der Waals surface area contributed by atoms with E-state index in [1.165, 1.54) is 25.9 Å². The van der Waals surface area contributed by atoms with E-state index in [1.54, 1.807) is 13.8 Å². The average Bonchev–Trinajstić information content (AvgIpc) is 2.79. The predicted octanol–water partition coefficient (Wildman–Crippen LogP) is 2.97. The van der Waals surface area contributed by atoms with Gasteiger partial charge in [0.25, 0.3) is 0 Å². The summed E-state index contributed by atoms with van der Waals surface area (Å²) in [6.45, 7) is 7.05. The molecule has 1 aromatic carbocycles. The van der Waals surface area contributed by atoms with Gasteiger partial charge in [0.1, 0.15) is 11.8 Å². The van der Waals surface area contributed by atoms with Crippen molar-refractivity contribution in [3.63, 3.8) is 0 Å². The van der Waals surface area contributed by atoms with Crippen LogP contribution in [0, 0.1) is 5.92 Å². The van der Waals surface area contributed by atoms with Crippen molar-refractivity contribution >= 4 is 17.4 Å². The highest BCUT2D eigenvalue weighted by atomic mass is 16.5. The van der Waals surface area contributed by atoms with Crippen molar-refractivity contribution in [3.05, 3.63) is 36.4 Å². The first-order chi connectivity index (χ1) is 14.6. The highest BCUT2D eigenvalue weighted by Gasteiger charge is 2.35. The molecule has 5 rings (SSSR count). The predicted molar refractivity (Wildman–Crippen MR) is 114 cm³/mol. The number of hydrazone groups is 1. The summed E-state index contributed by atoms with van der Waals surface area (Å²) in [6, 6.07) is 11.4. The summed E-state index contributed by atoms with van der Waals surface area (Å²) in [5, 5.41) is 12.6. The molecule has 3 saturated heterocycles. The maximum Gasteiger partial charge on any atom is 0.354 e. The molecule has 158 valence electrons. The van der Waals surface area contributed by atoms with Crippen molar-refractivity contribution in [1.82, 2.24) is 15.1 Å². The highest BCUT2D eigenvalue weighted by molar-refractivity contribution is 6.35. The van der Waals surface area contributed by atoms with E-state index in [4.69, 9.17) is 9.47 Å². The van der Waals surface area contributed by atoms with Crippen LogP contribution in [0.1, 0.15) is 26.7 Å². The largest absolute Gasteiger partial charge is 0.472 e. The molecule has 0 spiro atoms. The maximum absolute atomic E-state index is 11.6. The van der Waals surface area contributed by atoms with E-state index in [2.05, 4.69) is 25.6 Å². The number of rotatable bonds is 7.